The van der Waals surface area contributed by atoms with Crippen LogP contribution in [0.3, 0.4) is 0 Å². The highest BCUT2D eigenvalue weighted by Gasteiger charge is 2.36. The van der Waals surface area contributed by atoms with Crippen molar-refractivity contribution in [3.8, 4) is 0 Å². The first-order chi connectivity index (χ1) is 14.2. The second-order valence-corrected chi connectivity index (χ2v) is 10.7. The van der Waals surface area contributed by atoms with E-state index in [9.17, 15) is 0 Å². The molecule has 5 atom stereocenters. The van der Waals surface area contributed by atoms with Crippen molar-refractivity contribution in [2.24, 2.45) is 23.7 Å². The molecule has 1 heteroatoms. The molecule has 0 nitrogen and oxygen atoms in total. The minimum Gasteiger partial charge on any atom is -0.207 e. The van der Waals surface area contributed by atoms with Crippen LogP contribution in [-0.2, 0) is 12.8 Å². The Bertz CT molecular complexity index is 663. The second kappa shape index (κ2) is 9.97. The van der Waals surface area contributed by atoms with Crippen molar-refractivity contribution in [3.63, 3.8) is 0 Å². The lowest BCUT2D eigenvalue weighted by Crippen LogP contribution is -2.31. The van der Waals surface area contributed by atoms with Gasteiger partial charge in [0.25, 0.3) is 0 Å². The Morgan fingerprint density at radius 2 is 1.62 bits per heavy atom. The molecule has 0 bridgehead atoms. The summed E-state index contributed by atoms with van der Waals surface area (Å²) in [7, 11) is 0. The zero-order chi connectivity index (χ0) is 20.2. The van der Waals surface area contributed by atoms with Crippen molar-refractivity contribution in [1.29, 1.82) is 0 Å². The van der Waals surface area contributed by atoms with Gasteiger partial charge in [-0.2, -0.15) is 0 Å². The summed E-state index contributed by atoms with van der Waals surface area (Å²) in [5, 5.41) is 0. The van der Waals surface area contributed by atoms with Gasteiger partial charge < -0.3 is 0 Å². The topological polar surface area (TPSA) is 0 Å². The van der Waals surface area contributed by atoms with E-state index in [0.717, 1.165) is 35.7 Å². The van der Waals surface area contributed by atoms with Crippen LogP contribution < -0.4 is 0 Å². The van der Waals surface area contributed by atoms with Crippen LogP contribution in [-0.4, -0.2) is 0 Å². The quantitative estimate of drug-likeness (QED) is 0.403. The maximum atomic E-state index is 15.1. The van der Waals surface area contributed by atoms with E-state index in [4.69, 9.17) is 0 Å². The monoisotopic (exact) mass is 398 g/mol. The lowest BCUT2D eigenvalue weighted by Gasteiger charge is -2.42. The Morgan fingerprint density at radius 3 is 2.45 bits per heavy atom. The van der Waals surface area contributed by atoms with Crippen molar-refractivity contribution in [1.82, 2.24) is 0 Å². The van der Waals surface area contributed by atoms with Crippen LogP contribution in [0.1, 0.15) is 120 Å². The van der Waals surface area contributed by atoms with Gasteiger partial charge in [0.05, 0.1) is 0 Å². The molecule has 1 aromatic rings. The smallest absolute Gasteiger partial charge is 0.126 e. The molecular formula is C28H43F. The molecule has 0 N–H and O–H groups in total. The number of fused-ring (bicyclic) bond motifs is 2. The van der Waals surface area contributed by atoms with Gasteiger partial charge in [0.15, 0.2) is 0 Å². The van der Waals surface area contributed by atoms with Crippen LogP contribution in [0.4, 0.5) is 4.39 Å². The molecule has 0 aliphatic heterocycles. The summed E-state index contributed by atoms with van der Waals surface area (Å²) in [4.78, 5) is 0. The number of unbranched alkanes of at least 4 members (excludes halogenated alkanes) is 2. The van der Waals surface area contributed by atoms with E-state index in [1.807, 2.05) is 6.07 Å². The van der Waals surface area contributed by atoms with Gasteiger partial charge in [0.2, 0.25) is 0 Å². The van der Waals surface area contributed by atoms with E-state index in [0.29, 0.717) is 5.92 Å². The minimum absolute atomic E-state index is 0.109. The Kier molecular flexibility index (Phi) is 7.35. The summed E-state index contributed by atoms with van der Waals surface area (Å²) < 4.78 is 15.1. The molecule has 3 aliphatic carbocycles. The zero-order valence-corrected chi connectivity index (χ0v) is 19.0. The molecule has 5 unspecified atom stereocenters. The van der Waals surface area contributed by atoms with Crippen LogP contribution in [0.25, 0.3) is 0 Å². The first kappa shape index (κ1) is 21.4. The SMILES string of the molecule is CCCCCC1CCC2CC(c3cc4c(cc3F)CC(CCC)CC4)CCC2C1. The molecule has 0 radical (unpaired) electrons. The molecule has 0 amide bonds. The van der Waals surface area contributed by atoms with E-state index >= 15 is 4.39 Å². The fraction of sp³-hybridized carbons (Fsp3) is 0.786. The normalized spacial score (nSPS) is 31.9. The van der Waals surface area contributed by atoms with Gasteiger partial charge in [-0.1, -0.05) is 64.9 Å². The summed E-state index contributed by atoms with van der Waals surface area (Å²) in [6.45, 7) is 4.58. The molecule has 29 heavy (non-hydrogen) atoms. The third kappa shape index (κ3) is 5.08. The number of hydrogen-bond donors (Lipinski definition) is 0. The molecule has 3 aliphatic rings. The number of hydrogen-bond acceptors (Lipinski definition) is 0. The van der Waals surface area contributed by atoms with Crippen LogP contribution in [0, 0.1) is 29.5 Å². The van der Waals surface area contributed by atoms with Gasteiger partial charge in [-0.05, 0) is 104 Å². The van der Waals surface area contributed by atoms with Crippen molar-refractivity contribution >= 4 is 0 Å². The number of benzene rings is 1. The van der Waals surface area contributed by atoms with Gasteiger partial charge >= 0.3 is 0 Å². The van der Waals surface area contributed by atoms with Gasteiger partial charge in [-0.3, -0.25) is 0 Å². The zero-order valence-electron chi connectivity index (χ0n) is 19.0. The molecule has 0 spiro atoms. The van der Waals surface area contributed by atoms with E-state index < -0.39 is 0 Å². The fourth-order valence-corrected chi connectivity index (χ4v) is 7.06. The maximum Gasteiger partial charge on any atom is 0.126 e. The summed E-state index contributed by atoms with van der Waals surface area (Å²) in [5.41, 5.74) is 3.86. The van der Waals surface area contributed by atoms with E-state index in [-0.39, 0.29) is 5.82 Å². The standard InChI is InChI=1S/C28H43F/c1-3-5-6-8-21-10-11-23-17-25(14-13-22(23)15-21)27-18-24-12-9-20(7-4-2)16-26(24)19-28(27)29/h18-23,25H,3-17H2,1-2H3. The third-order valence-corrected chi connectivity index (χ3v) is 8.72. The van der Waals surface area contributed by atoms with Gasteiger partial charge in [-0.25, -0.2) is 4.39 Å². The number of rotatable bonds is 7. The summed E-state index contributed by atoms with van der Waals surface area (Å²) in [6.07, 6.45) is 19.9. The van der Waals surface area contributed by atoms with Crippen molar-refractivity contribution in [2.45, 2.75) is 116 Å². The average molecular weight is 399 g/mol. The Balaban J connectivity index is 1.38. The number of aryl methyl sites for hydroxylation is 1. The molecule has 2 saturated carbocycles. The summed E-state index contributed by atoms with van der Waals surface area (Å²) in [5.74, 6) is 4.14. The molecule has 4 rings (SSSR count). The van der Waals surface area contributed by atoms with Gasteiger partial charge in [0.1, 0.15) is 5.82 Å². The summed E-state index contributed by atoms with van der Waals surface area (Å²) in [6, 6.07) is 4.23. The van der Waals surface area contributed by atoms with Crippen molar-refractivity contribution < 1.29 is 4.39 Å². The number of halogens is 1. The highest BCUT2D eigenvalue weighted by atomic mass is 19.1. The maximum absolute atomic E-state index is 15.1. The lowest BCUT2D eigenvalue weighted by atomic mass is 9.63. The molecule has 162 valence electrons. The first-order valence-electron chi connectivity index (χ1n) is 13.0. The first-order valence-corrected chi connectivity index (χ1v) is 13.0. The molecule has 0 saturated heterocycles. The highest BCUT2D eigenvalue weighted by Crippen LogP contribution is 2.49. The average Bonchev–Trinajstić information content (AvgIpc) is 2.73. The molecule has 1 aromatic carbocycles. The minimum atomic E-state index is 0.109. The third-order valence-electron chi connectivity index (χ3n) is 8.72. The predicted octanol–water partition coefficient (Wildman–Crippen LogP) is 8.61. The van der Waals surface area contributed by atoms with Gasteiger partial charge in [0, 0.05) is 0 Å². The predicted molar refractivity (Wildman–Crippen MR) is 122 cm³/mol. The van der Waals surface area contributed by atoms with E-state index in [2.05, 4.69) is 19.9 Å². The lowest BCUT2D eigenvalue weighted by molar-refractivity contribution is 0.112. The van der Waals surface area contributed by atoms with Crippen LogP contribution >= 0.6 is 0 Å². The van der Waals surface area contributed by atoms with Crippen molar-refractivity contribution in [3.05, 3.63) is 34.6 Å². The van der Waals surface area contributed by atoms with E-state index in [1.165, 1.54) is 101 Å². The largest absolute Gasteiger partial charge is 0.207 e. The molecule has 0 aromatic heterocycles. The molecular weight excluding hydrogens is 355 g/mol. The van der Waals surface area contributed by atoms with Gasteiger partial charge in [-0.15, -0.1) is 0 Å². The molecule has 2 fully saturated rings. The van der Waals surface area contributed by atoms with Crippen molar-refractivity contribution in [2.75, 3.05) is 0 Å². The Labute approximate surface area is 179 Å². The van der Waals surface area contributed by atoms with Crippen LogP contribution in [0.5, 0.6) is 0 Å². The Morgan fingerprint density at radius 1 is 0.793 bits per heavy atom. The van der Waals surface area contributed by atoms with Crippen LogP contribution in [0.2, 0.25) is 0 Å². The second-order valence-electron chi connectivity index (χ2n) is 10.7. The summed E-state index contributed by atoms with van der Waals surface area (Å²) >= 11 is 0. The fourth-order valence-electron chi connectivity index (χ4n) is 7.06. The Hall–Kier alpha value is -0.850. The van der Waals surface area contributed by atoms with Crippen LogP contribution in [0.15, 0.2) is 12.1 Å². The van der Waals surface area contributed by atoms with E-state index in [1.54, 1.807) is 0 Å². The highest BCUT2D eigenvalue weighted by molar-refractivity contribution is 5.37. The molecule has 0 heterocycles.